The average Bonchev–Trinajstić information content (AvgIpc) is 2.27. The molecule has 0 rings (SSSR count). The van der Waals surface area contributed by atoms with Crippen LogP contribution in [0.1, 0.15) is 39.5 Å². The van der Waals surface area contributed by atoms with Crippen LogP contribution >= 0.6 is 0 Å². The number of hydrogen-bond donors (Lipinski definition) is 0. The first-order chi connectivity index (χ1) is 8.02. The molecule has 2 unspecified atom stereocenters. The molecule has 0 radical (unpaired) electrons. The molecule has 0 N–H and O–H groups in total. The molecule has 0 saturated heterocycles. The fraction of sp³-hybridized carbons (Fsp3) is 1.00. The molecule has 0 aromatic rings. The molecule has 17 heavy (non-hydrogen) atoms. The summed E-state index contributed by atoms with van der Waals surface area (Å²) in [7, 11) is 8.58. The Hall–Kier alpha value is -0.120. The monoisotopic (exact) mass is 244 g/mol. The largest absolute Gasteiger partial charge is 0.381 e. The highest BCUT2D eigenvalue weighted by atomic mass is 16.5. The molecular formula is C14H32N2O. The molecule has 3 heteroatoms. The third-order valence-corrected chi connectivity index (χ3v) is 3.59. The van der Waals surface area contributed by atoms with Crippen molar-refractivity contribution >= 4 is 0 Å². The van der Waals surface area contributed by atoms with Gasteiger partial charge in [-0.3, -0.25) is 0 Å². The summed E-state index contributed by atoms with van der Waals surface area (Å²) < 4.78 is 5.75. The first kappa shape index (κ1) is 16.9. The molecule has 0 spiro atoms. The second kappa shape index (κ2) is 9.86. The minimum Gasteiger partial charge on any atom is -0.381 e. The van der Waals surface area contributed by atoms with Crippen LogP contribution in [0.15, 0.2) is 0 Å². The molecule has 0 aromatic heterocycles. The van der Waals surface area contributed by atoms with E-state index in [0.29, 0.717) is 12.1 Å². The van der Waals surface area contributed by atoms with Crippen molar-refractivity contribution in [3.8, 4) is 0 Å². The number of ether oxygens (including phenoxy) is 1. The van der Waals surface area contributed by atoms with Crippen molar-refractivity contribution in [1.29, 1.82) is 0 Å². The van der Waals surface area contributed by atoms with Crippen LogP contribution in [0.2, 0.25) is 0 Å². The highest BCUT2D eigenvalue weighted by Crippen LogP contribution is 2.07. The predicted octanol–water partition coefficient (Wildman–Crippen LogP) is 2.46. The minimum absolute atomic E-state index is 0.658. The van der Waals surface area contributed by atoms with Crippen LogP contribution in [-0.4, -0.2) is 63.3 Å². The Balaban J connectivity index is 3.57. The van der Waals surface area contributed by atoms with Gasteiger partial charge < -0.3 is 14.5 Å². The number of hydrogen-bond acceptors (Lipinski definition) is 3. The van der Waals surface area contributed by atoms with Crippen molar-refractivity contribution in [3.63, 3.8) is 0 Å². The molecule has 104 valence electrons. The Morgan fingerprint density at radius 3 is 1.35 bits per heavy atom. The van der Waals surface area contributed by atoms with E-state index in [2.05, 4.69) is 51.8 Å². The Kier molecular flexibility index (Phi) is 9.79. The third kappa shape index (κ3) is 7.74. The van der Waals surface area contributed by atoms with Crippen molar-refractivity contribution in [1.82, 2.24) is 9.80 Å². The van der Waals surface area contributed by atoms with E-state index in [1.807, 2.05) is 0 Å². The van der Waals surface area contributed by atoms with Crippen molar-refractivity contribution < 1.29 is 4.74 Å². The van der Waals surface area contributed by atoms with E-state index in [4.69, 9.17) is 4.74 Å². The van der Waals surface area contributed by atoms with E-state index < -0.39 is 0 Å². The lowest BCUT2D eigenvalue weighted by molar-refractivity contribution is 0.0912. The normalized spacial score (nSPS) is 15.5. The third-order valence-electron chi connectivity index (χ3n) is 3.59. The second-order valence-corrected chi connectivity index (χ2v) is 5.24. The van der Waals surface area contributed by atoms with E-state index in [-0.39, 0.29) is 0 Å². The smallest absolute Gasteiger partial charge is 0.0480 e. The molecule has 0 aliphatic heterocycles. The SMILES string of the molecule is CCC(CCOCCC(CC)N(C)C)N(C)C. The van der Waals surface area contributed by atoms with E-state index in [9.17, 15) is 0 Å². The fourth-order valence-electron chi connectivity index (χ4n) is 2.20. The fourth-order valence-corrected chi connectivity index (χ4v) is 2.20. The molecule has 0 heterocycles. The quantitative estimate of drug-likeness (QED) is 0.549. The van der Waals surface area contributed by atoms with Gasteiger partial charge in [0.1, 0.15) is 0 Å². The zero-order valence-electron chi connectivity index (χ0n) is 12.7. The summed E-state index contributed by atoms with van der Waals surface area (Å²) in [6, 6.07) is 1.32. The van der Waals surface area contributed by atoms with Crippen molar-refractivity contribution in [2.45, 2.75) is 51.6 Å². The van der Waals surface area contributed by atoms with Gasteiger partial charge in [-0.15, -0.1) is 0 Å². The maximum atomic E-state index is 5.75. The summed E-state index contributed by atoms with van der Waals surface area (Å²) in [4.78, 5) is 4.58. The van der Waals surface area contributed by atoms with Gasteiger partial charge in [-0.25, -0.2) is 0 Å². The van der Waals surface area contributed by atoms with E-state index in [1.54, 1.807) is 0 Å². The van der Waals surface area contributed by atoms with Crippen LogP contribution in [0.25, 0.3) is 0 Å². The summed E-state index contributed by atoms with van der Waals surface area (Å²) in [5.41, 5.74) is 0. The van der Waals surface area contributed by atoms with Crippen LogP contribution < -0.4 is 0 Å². The zero-order valence-corrected chi connectivity index (χ0v) is 12.7. The van der Waals surface area contributed by atoms with E-state index >= 15 is 0 Å². The lowest BCUT2D eigenvalue weighted by Gasteiger charge is -2.24. The predicted molar refractivity (Wildman–Crippen MR) is 75.6 cm³/mol. The van der Waals surface area contributed by atoms with Crippen molar-refractivity contribution in [2.24, 2.45) is 0 Å². The van der Waals surface area contributed by atoms with Crippen LogP contribution in [0.4, 0.5) is 0 Å². The molecule has 3 nitrogen and oxygen atoms in total. The molecule has 0 aliphatic rings. The van der Waals surface area contributed by atoms with E-state index in [1.165, 1.54) is 12.8 Å². The summed E-state index contributed by atoms with van der Waals surface area (Å²) in [6.45, 7) is 6.26. The zero-order chi connectivity index (χ0) is 13.3. The first-order valence-corrected chi connectivity index (χ1v) is 6.93. The van der Waals surface area contributed by atoms with Gasteiger partial charge in [0.2, 0.25) is 0 Å². The molecule has 2 atom stereocenters. The lowest BCUT2D eigenvalue weighted by atomic mass is 10.1. The molecule has 0 saturated carbocycles. The van der Waals surface area contributed by atoms with Gasteiger partial charge in [-0.1, -0.05) is 13.8 Å². The van der Waals surface area contributed by atoms with Gasteiger partial charge >= 0.3 is 0 Å². The molecule has 0 bridgehead atoms. The van der Waals surface area contributed by atoms with Crippen LogP contribution in [0.5, 0.6) is 0 Å². The minimum atomic E-state index is 0.658. The first-order valence-electron chi connectivity index (χ1n) is 6.93. The highest BCUT2D eigenvalue weighted by Gasteiger charge is 2.10. The van der Waals surface area contributed by atoms with Gasteiger partial charge in [0.25, 0.3) is 0 Å². The molecule has 0 fully saturated rings. The molecule has 0 amide bonds. The molecular weight excluding hydrogens is 212 g/mol. The summed E-state index contributed by atoms with van der Waals surface area (Å²) in [5, 5.41) is 0. The number of nitrogens with zero attached hydrogens (tertiary/aromatic N) is 2. The standard InChI is InChI=1S/C14H32N2O/c1-7-13(15(3)4)9-11-17-12-10-14(8-2)16(5)6/h13-14H,7-12H2,1-6H3. The Morgan fingerprint density at radius 1 is 0.765 bits per heavy atom. The summed E-state index contributed by atoms with van der Waals surface area (Å²) in [6.07, 6.45) is 4.68. The van der Waals surface area contributed by atoms with Crippen molar-refractivity contribution in [2.75, 3.05) is 41.4 Å². The van der Waals surface area contributed by atoms with Gasteiger partial charge in [0.15, 0.2) is 0 Å². The Labute approximate surface area is 108 Å². The van der Waals surface area contributed by atoms with Gasteiger partial charge in [0, 0.05) is 25.3 Å². The number of rotatable bonds is 10. The lowest BCUT2D eigenvalue weighted by Crippen LogP contribution is -2.30. The molecule has 0 aromatic carbocycles. The Morgan fingerprint density at radius 2 is 1.12 bits per heavy atom. The summed E-state index contributed by atoms with van der Waals surface area (Å²) in [5.74, 6) is 0. The Bertz CT molecular complexity index is 154. The van der Waals surface area contributed by atoms with Crippen molar-refractivity contribution in [3.05, 3.63) is 0 Å². The van der Waals surface area contributed by atoms with Gasteiger partial charge in [-0.05, 0) is 53.9 Å². The average molecular weight is 244 g/mol. The van der Waals surface area contributed by atoms with Gasteiger partial charge in [0.05, 0.1) is 0 Å². The van der Waals surface area contributed by atoms with E-state index in [0.717, 1.165) is 26.1 Å². The molecule has 0 aliphatic carbocycles. The van der Waals surface area contributed by atoms with Crippen LogP contribution in [0.3, 0.4) is 0 Å². The topological polar surface area (TPSA) is 15.7 Å². The second-order valence-electron chi connectivity index (χ2n) is 5.24. The van der Waals surface area contributed by atoms with Crippen LogP contribution in [-0.2, 0) is 4.74 Å². The van der Waals surface area contributed by atoms with Gasteiger partial charge in [-0.2, -0.15) is 0 Å². The maximum Gasteiger partial charge on any atom is 0.0480 e. The van der Waals surface area contributed by atoms with Crippen LogP contribution in [0, 0.1) is 0 Å². The summed E-state index contributed by atoms with van der Waals surface area (Å²) >= 11 is 0. The highest BCUT2D eigenvalue weighted by molar-refractivity contribution is 4.65. The maximum absolute atomic E-state index is 5.75.